The number of anilines is 1. The van der Waals surface area contributed by atoms with E-state index in [0.717, 1.165) is 4.47 Å². The highest BCUT2D eigenvalue weighted by Gasteiger charge is 2.19. The Hall–Kier alpha value is -2.36. The zero-order chi connectivity index (χ0) is 15.9. The van der Waals surface area contributed by atoms with Gasteiger partial charge in [-0.05, 0) is 34.1 Å². The molecule has 1 unspecified atom stereocenters. The van der Waals surface area contributed by atoms with Crippen LogP contribution in [0.2, 0.25) is 0 Å². The molecular weight excluding hydrogens is 346 g/mol. The highest BCUT2D eigenvalue weighted by molar-refractivity contribution is 9.10. The van der Waals surface area contributed by atoms with Gasteiger partial charge in [-0.2, -0.15) is 5.26 Å². The molecule has 22 heavy (non-hydrogen) atoms. The number of hydrogen-bond acceptors (Lipinski definition) is 5. The van der Waals surface area contributed by atoms with Gasteiger partial charge in [0.1, 0.15) is 5.75 Å². The number of carbonyl (C=O) groups is 1. The van der Waals surface area contributed by atoms with E-state index < -0.39 is 6.04 Å². The molecule has 0 fully saturated rings. The van der Waals surface area contributed by atoms with E-state index in [4.69, 9.17) is 4.74 Å². The Labute approximate surface area is 137 Å². The molecule has 0 aliphatic heterocycles. The lowest BCUT2D eigenvalue weighted by atomic mass is 10.1. The van der Waals surface area contributed by atoms with Gasteiger partial charge in [0, 0.05) is 10.0 Å². The Morgan fingerprint density at radius 2 is 2.00 bits per heavy atom. The molecule has 0 saturated carbocycles. The van der Waals surface area contributed by atoms with E-state index in [9.17, 15) is 10.1 Å². The predicted octanol–water partition coefficient (Wildman–Crippen LogP) is 3.15. The Morgan fingerprint density at radius 3 is 2.59 bits per heavy atom. The normalized spacial score (nSPS) is 11.3. The summed E-state index contributed by atoms with van der Waals surface area (Å²) in [6.45, 7) is 0. The fourth-order valence-electron chi connectivity index (χ4n) is 1.80. The van der Waals surface area contributed by atoms with Crippen LogP contribution in [0.25, 0.3) is 0 Å². The molecule has 0 heterocycles. The van der Waals surface area contributed by atoms with Crippen molar-refractivity contribution in [1.29, 1.82) is 5.26 Å². The summed E-state index contributed by atoms with van der Waals surface area (Å²) in [5, 5.41) is 9.18. The van der Waals surface area contributed by atoms with Crippen LogP contribution in [0, 0.1) is 11.3 Å². The summed E-state index contributed by atoms with van der Waals surface area (Å²) in [6, 6.07) is 15.0. The minimum Gasteiger partial charge on any atom is -0.497 e. The molecule has 0 aliphatic carbocycles. The van der Waals surface area contributed by atoms with E-state index in [2.05, 4.69) is 26.8 Å². The number of carbonyl (C=O) groups excluding carboxylic acids is 1. The number of nitrogens with zero attached hydrogens (tertiary/aromatic N) is 1. The predicted molar refractivity (Wildman–Crippen MR) is 87.6 cm³/mol. The average molecular weight is 360 g/mol. The molecule has 5 nitrogen and oxygen atoms in total. The molecule has 0 aliphatic rings. The fourth-order valence-corrected chi connectivity index (χ4v) is 2.26. The molecule has 0 amide bonds. The summed E-state index contributed by atoms with van der Waals surface area (Å²) < 4.78 is 5.86. The van der Waals surface area contributed by atoms with E-state index in [-0.39, 0.29) is 5.78 Å². The van der Waals surface area contributed by atoms with Crippen LogP contribution in [0.3, 0.4) is 0 Å². The van der Waals surface area contributed by atoms with Crippen molar-refractivity contribution in [3.05, 3.63) is 58.6 Å². The number of ether oxygens (including phenoxy) is 1. The largest absolute Gasteiger partial charge is 0.497 e. The number of benzene rings is 2. The minimum absolute atomic E-state index is 0.291. The Kier molecular flexibility index (Phi) is 5.53. The van der Waals surface area contributed by atoms with Gasteiger partial charge in [0.15, 0.2) is 11.8 Å². The van der Waals surface area contributed by atoms with Crippen molar-refractivity contribution in [3.8, 4) is 11.8 Å². The molecular formula is C16H14BrN3O2. The number of nitriles is 1. The number of methoxy groups -OCH3 is 1. The van der Waals surface area contributed by atoms with Crippen molar-refractivity contribution in [2.75, 3.05) is 12.5 Å². The number of Topliss-reactive ketones (excluding diaryl/α,β-unsaturated/α-hetero) is 1. The molecule has 2 N–H and O–H groups in total. The maximum absolute atomic E-state index is 12.2. The first-order valence-corrected chi connectivity index (χ1v) is 7.29. The Morgan fingerprint density at radius 1 is 1.27 bits per heavy atom. The quantitative estimate of drug-likeness (QED) is 0.612. The molecule has 0 bridgehead atoms. The molecule has 6 heteroatoms. The van der Waals surface area contributed by atoms with Gasteiger partial charge in [0.2, 0.25) is 0 Å². The van der Waals surface area contributed by atoms with E-state index in [1.165, 1.54) is 0 Å². The lowest BCUT2D eigenvalue weighted by molar-refractivity contribution is 0.0969. The molecule has 2 aromatic carbocycles. The maximum Gasteiger partial charge on any atom is 0.195 e. The first-order valence-electron chi connectivity index (χ1n) is 6.49. The monoisotopic (exact) mass is 359 g/mol. The molecule has 2 rings (SSSR count). The molecule has 0 saturated heterocycles. The van der Waals surface area contributed by atoms with Crippen molar-refractivity contribution in [2.45, 2.75) is 6.04 Å². The van der Waals surface area contributed by atoms with Crippen LogP contribution < -0.4 is 15.6 Å². The highest BCUT2D eigenvalue weighted by Crippen LogP contribution is 2.26. The first kappa shape index (κ1) is 16.0. The third kappa shape index (κ3) is 3.85. The van der Waals surface area contributed by atoms with Crippen molar-refractivity contribution in [3.63, 3.8) is 0 Å². The summed E-state index contributed by atoms with van der Waals surface area (Å²) >= 11 is 3.39. The number of halogens is 1. The van der Waals surface area contributed by atoms with E-state index in [0.29, 0.717) is 17.0 Å². The highest BCUT2D eigenvalue weighted by atomic mass is 79.9. The second kappa shape index (κ2) is 7.59. The van der Waals surface area contributed by atoms with Crippen LogP contribution in [-0.2, 0) is 0 Å². The minimum atomic E-state index is -0.989. The van der Waals surface area contributed by atoms with Crippen molar-refractivity contribution < 1.29 is 9.53 Å². The molecule has 0 radical (unpaired) electrons. The standard InChI is InChI=1S/C16H14BrN3O2/c1-22-12-7-8-14(13(17)9-12)19-20-15(10-18)16(21)11-5-3-2-4-6-11/h2-9,15,19-20H,1H3. The summed E-state index contributed by atoms with van der Waals surface area (Å²) in [6.07, 6.45) is 0. The number of hydrazine groups is 1. The van der Waals surface area contributed by atoms with Gasteiger partial charge in [-0.1, -0.05) is 30.3 Å². The average Bonchev–Trinajstić information content (AvgIpc) is 2.57. The van der Waals surface area contributed by atoms with Gasteiger partial charge in [0.05, 0.1) is 18.9 Å². The molecule has 2 aromatic rings. The summed E-state index contributed by atoms with van der Waals surface area (Å²) in [5.41, 5.74) is 6.78. The van der Waals surface area contributed by atoms with E-state index in [1.807, 2.05) is 12.1 Å². The van der Waals surface area contributed by atoms with Crippen molar-refractivity contribution in [2.24, 2.45) is 0 Å². The summed E-state index contributed by atoms with van der Waals surface area (Å²) in [4.78, 5) is 12.2. The van der Waals surface area contributed by atoms with Gasteiger partial charge in [0.25, 0.3) is 0 Å². The Bertz CT molecular complexity index is 698. The SMILES string of the molecule is COc1ccc(NNC(C#N)C(=O)c2ccccc2)c(Br)c1. The third-order valence-corrected chi connectivity index (χ3v) is 3.63. The number of nitrogens with one attached hydrogen (secondary N) is 2. The second-order valence-corrected chi connectivity index (χ2v) is 5.26. The number of rotatable bonds is 6. The summed E-state index contributed by atoms with van der Waals surface area (Å²) in [7, 11) is 1.58. The van der Waals surface area contributed by atoms with Crippen LogP contribution in [0.4, 0.5) is 5.69 Å². The lowest BCUT2D eigenvalue weighted by Gasteiger charge is -2.14. The first-order chi connectivity index (χ1) is 10.7. The lowest BCUT2D eigenvalue weighted by Crippen LogP contribution is -2.39. The van der Waals surface area contributed by atoms with Gasteiger partial charge < -0.3 is 10.2 Å². The summed E-state index contributed by atoms with van der Waals surface area (Å²) in [5.74, 6) is 0.412. The molecule has 0 aromatic heterocycles. The number of hydrogen-bond donors (Lipinski definition) is 2. The van der Waals surface area contributed by atoms with Crippen LogP contribution in [0.5, 0.6) is 5.75 Å². The van der Waals surface area contributed by atoms with E-state index in [1.54, 1.807) is 49.6 Å². The van der Waals surface area contributed by atoms with Crippen LogP contribution in [0.1, 0.15) is 10.4 Å². The van der Waals surface area contributed by atoms with Crippen molar-refractivity contribution in [1.82, 2.24) is 5.43 Å². The van der Waals surface area contributed by atoms with Crippen LogP contribution in [0.15, 0.2) is 53.0 Å². The topological polar surface area (TPSA) is 74.2 Å². The third-order valence-electron chi connectivity index (χ3n) is 2.98. The van der Waals surface area contributed by atoms with Crippen LogP contribution in [-0.4, -0.2) is 18.9 Å². The zero-order valence-electron chi connectivity index (χ0n) is 11.8. The van der Waals surface area contributed by atoms with Crippen molar-refractivity contribution >= 4 is 27.4 Å². The van der Waals surface area contributed by atoms with E-state index >= 15 is 0 Å². The van der Waals surface area contributed by atoms with Gasteiger partial charge in [-0.3, -0.25) is 4.79 Å². The van der Waals surface area contributed by atoms with Crippen LogP contribution >= 0.6 is 15.9 Å². The van der Waals surface area contributed by atoms with Gasteiger partial charge in [-0.25, -0.2) is 5.43 Å². The Balaban J connectivity index is 2.06. The second-order valence-electron chi connectivity index (χ2n) is 4.41. The molecule has 0 spiro atoms. The molecule has 112 valence electrons. The smallest absolute Gasteiger partial charge is 0.195 e. The molecule has 1 atom stereocenters. The number of ketones is 1. The van der Waals surface area contributed by atoms with Gasteiger partial charge in [-0.15, -0.1) is 0 Å². The van der Waals surface area contributed by atoms with Gasteiger partial charge >= 0.3 is 0 Å². The fraction of sp³-hybridized carbons (Fsp3) is 0.125. The maximum atomic E-state index is 12.2. The zero-order valence-corrected chi connectivity index (χ0v) is 13.4.